The monoisotopic (exact) mass is 321 g/mol. The Morgan fingerprint density at radius 3 is 2.64 bits per heavy atom. The van der Waals surface area contributed by atoms with Crippen molar-refractivity contribution in [3.63, 3.8) is 0 Å². The van der Waals surface area contributed by atoms with Crippen molar-refractivity contribution in [3.05, 3.63) is 29.3 Å². The van der Waals surface area contributed by atoms with Gasteiger partial charge in [0.1, 0.15) is 11.5 Å². The van der Waals surface area contributed by atoms with Gasteiger partial charge in [0, 0.05) is 12.2 Å². The van der Waals surface area contributed by atoms with Gasteiger partial charge in [0.05, 0.1) is 23.7 Å². The third kappa shape index (κ3) is 2.89. The number of nitrogens with zero attached hydrogens (tertiary/aromatic N) is 4. The molecule has 0 saturated carbocycles. The van der Waals surface area contributed by atoms with E-state index in [2.05, 4.69) is 20.2 Å². The zero-order valence-corrected chi connectivity index (χ0v) is 13.7. The first-order valence-corrected chi connectivity index (χ1v) is 9.04. The minimum absolute atomic E-state index is 0.213. The summed E-state index contributed by atoms with van der Waals surface area (Å²) >= 11 is 0. The summed E-state index contributed by atoms with van der Waals surface area (Å²) in [5.41, 5.74) is 3.15. The molecule has 0 unspecified atom stereocenters. The Kier molecular flexibility index (Phi) is 3.73. The first-order chi connectivity index (χ1) is 10.3. The first kappa shape index (κ1) is 15.1. The zero-order chi connectivity index (χ0) is 15.9. The van der Waals surface area contributed by atoms with E-state index in [1.165, 1.54) is 10.6 Å². The van der Waals surface area contributed by atoms with Gasteiger partial charge in [0.25, 0.3) is 0 Å². The molecule has 1 atom stereocenters. The van der Waals surface area contributed by atoms with Crippen LogP contribution in [0.25, 0.3) is 11.4 Å². The quantitative estimate of drug-likeness (QED) is 0.926. The minimum atomic E-state index is -3.23. The van der Waals surface area contributed by atoms with Crippen LogP contribution < -0.4 is 0 Å². The molecule has 0 bridgehead atoms. The summed E-state index contributed by atoms with van der Waals surface area (Å²) in [6.45, 7) is 4.28. The van der Waals surface area contributed by atoms with Crippen LogP contribution in [0, 0.1) is 13.8 Å². The molecule has 0 spiro atoms. The summed E-state index contributed by atoms with van der Waals surface area (Å²) in [7, 11) is -3.23. The standard InChI is InChI=1S/C14H19N5O2S/c1-9-7-12(18-17-9)11-8-13(16-10(2)15-11)14-5-4-6-19(14)22(3,20)21/h7-8,14H,4-6H2,1-3H3,(H,17,18)/t14-/m0/s1. The number of H-pyrrole nitrogens is 1. The van der Waals surface area contributed by atoms with Gasteiger partial charge in [-0.2, -0.15) is 9.40 Å². The van der Waals surface area contributed by atoms with E-state index >= 15 is 0 Å². The lowest BCUT2D eigenvalue weighted by atomic mass is 10.1. The third-order valence-corrected chi connectivity index (χ3v) is 5.09. The van der Waals surface area contributed by atoms with E-state index in [1.54, 1.807) is 0 Å². The molecule has 1 fully saturated rings. The second-order valence-corrected chi connectivity index (χ2v) is 7.63. The molecule has 22 heavy (non-hydrogen) atoms. The minimum Gasteiger partial charge on any atom is -0.282 e. The Balaban J connectivity index is 2.03. The zero-order valence-electron chi connectivity index (χ0n) is 12.9. The molecular weight excluding hydrogens is 302 g/mol. The Bertz CT molecular complexity index is 799. The van der Waals surface area contributed by atoms with Crippen LogP contribution >= 0.6 is 0 Å². The summed E-state index contributed by atoms with van der Waals surface area (Å²) in [4.78, 5) is 8.87. The first-order valence-electron chi connectivity index (χ1n) is 7.19. The van der Waals surface area contributed by atoms with E-state index in [0.717, 1.165) is 29.9 Å². The molecule has 1 aliphatic heterocycles. The Hall–Kier alpha value is -1.80. The lowest BCUT2D eigenvalue weighted by Gasteiger charge is -2.22. The number of aromatic amines is 1. The maximum atomic E-state index is 11.9. The Morgan fingerprint density at radius 1 is 1.23 bits per heavy atom. The number of hydrogen-bond donors (Lipinski definition) is 1. The van der Waals surface area contributed by atoms with Gasteiger partial charge in [-0.05, 0) is 38.8 Å². The lowest BCUT2D eigenvalue weighted by molar-refractivity contribution is 0.393. The average molecular weight is 321 g/mol. The molecule has 0 aromatic carbocycles. The molecule has 3 rings (SSSR count). The maximum Gasteiger partial charge on any atom is 0.211 e. The molecule has 1 aliphatic rings. The van der Waals surface area contributed by atoms with Crippen LogP contribution in [0.2, 0.25) is 0 Å². The van der Waals surface area contributed by atoms with Crippen molar-refractivity contribution in [2.75, 3.05) is 12.8 Å². The van der Waals surface area contributed by atoms with Crippen LogP contribution in [-0.4, -0.2) is 45.7 Å². The number of aromatic nitrogens is 4. The Labute approximate surface area is 129 Å². The SMILES string of the molecule is Cc1nc(-c2cc(C)[nH]n2)cc([C@@H]2CCCN2S(C)(=O)=O)n1. The lowest BCUT2D eigenvalue weighted by Crippen LogP contribution is -2.30. The fourth-order valence-corrected chi connectivity index (χ4v) is 4.01. The number of rotatable bonds is 3. The van der Waals surface area contributed by atoms with Crippen LogP contribution in [0.4, 0.5) is 0 Å². The van der Waals surface area contributed by atoms with E-state index in [9.17, 15) is 8.42 Å². The molecule has 2 aromatic rings. The van der Waals surface area contributed by atoms with Crippen molar-refractivity contribution in [1.29, 1.82) is 0 Å². The summed E-state index contributed by atoms with van der Waals surface area (Å²) in [6.07, 6.45) is 2.87. The highest BCUT2D eigenvalue weighted by Gasteiger charge is 2.33. The highest BCUT2D eigenvalue weighted by atomic mass is 32.2. The van der Waals surface area contributed by atoms with Crippen LogP contribution in [0.1, 0.15) is 36.1 Å². The predicted octanol–water partition coefficient (Wildman–Crippen LogP) is 1.58. The van der Waals surface area contributed by atoms with Gasteiger partial charge in [-0.15, -0.1) is 0 Å². The van der Waals surface area contributed by atoms with E-state index in [1.807, 2.05) is 26.0 Å². The molecule has 0 radical (unpaired) electrons. The summed E-state index contributed by atoms with van der Waals surface area (Å²) in [5.74, 6) is 0.619. The highest BCUT2D eigenvalue weighted by molar-refractivity contribution is 7.88. The van der Waals surface area contributed by atoms with Crippen molar-refractivity contribution in [3.8, 4) is 11.4 Å². The van der Waals surface area contributed by atoms with Crippen molar-refractivity contribution in [2.45, 2.75) is 32.7 Å². The molecule has 0 aliphatic carbocycles. The smallest absolute Gasteiger partial charge is 0.211 e. The van der Waals surface area contributed by atoms with Crippen LogP contribution in [0.3, 0.4) is 0 Å². The van der Waals surface area contributed by atoms with Crippen molar-refractivity contribution >= 4 is 10.0 Å². The normalized spacial score (nSPS) is 19.7. The fraction of sp³-hybridized carbons (Fsp3) is 0.500. The van der Waals surface area contributed by atoms with Gasteiger partial charge in [-0.25, -0.2) is 18.4 Å². The van der Waals surface area contributed by atoms with Crippen molar-refractivity contribution in [2.24, 2.45) is 0 Å². The van der Waals surface area contributed by atoms with E-state index in [0.29, 0.717) is 18.1 Å². The van der Waals surface area contributed by atoms with Gasteiger partial charge in [-0.3, -0.25) is 5.10 Å². The molecule has 0 amide bonds. The largest absolute Gasteiger partial charge is 0.282 e. The van der Waals surface area contributed by atoms with Gasteiger partial charge in [0.15, 0.2) is 0 Å². The summed E-state index contributed by atoms with van der Waals surface area (Å²) in [6, 6.07) is 3.54. The van der Waals surface area contributed by atoms with Crippen LogP contribution in [0.5, 0.6) is 0 Å². The topological polar surface area (TPSA) is 91.8 Å². The molecule has 8 heteroatoms. The second-order valence-electron chi connectivity index (χ2n) is 5.69. The molecule has 1 N–H and O–H groups in total. The third-order valence-electron chi connectivity index (χ3n) is 3.80. The summed E-state index contributed by atoms with van der Waals surface area (Å²) < 4.78 is 25.4. The molecule has 1 saturated heterocycles. The molecule has 118 valence electrons. The van der Waals surface area contributed by atoms with Gasteiger partial charge in [0.2, 0.25) is 10.0 Å². The predicted molar refractivity (Wildman–Crippen MR) is 82.6 cm³/mol. The molecule has 3 heterocycles. The number of nitrogens with one attached hydrogen (secondary N) is 1. The van der Waals surface area contributed by atoms with E-state index in [-0.39, 0.29) is 6.04 Å². The average Bonchev–Trinajstić information content (AvgIpc) is 3.05. The van der Waals surface area contributed by atoms with Gasteiger partial charge >= 0.3 is 0 Å². The van der Waals surface area contributed by atoms with Gasteiger partial charge in [-0.1, -0.05) is 0 Å². The molecular formula is C14H19N5O2S. The molecule has 2 aromatic heterocycles. The van der Waals surface area contributed by atoms with E-state index < -0.39 is 10.0 Å². The van der Waals surface area contributed by atoms with Crippen molar-refractivity contribution in [1.82, 2.24) is 24.5 Å². The van der Waals surface area contributed by atoms with Crippen LogP contribution in [-0.2, 0) is 10.0 Å². The van der Waals surface area contributed by atoms with Crippen molar-refractivity contribution < 1.29 is 8.42 Å². The van der Waals surface area contributed by atoms with Gasteiger partial charge < -0.3 is 0 Å². The number of hydrogen-bond acceptors (Lipinski definition) is 5. The molecule has 7 nitrogen and oxygen atoms in total. The Morgan fingerprint density at radius 2 is 2.00 bits per heavy atom. The van der Waals surface area contributed by atoms with E-state index in [4.69, 9.17) is 0 Å². The second kappa shape index (κ2) is 5.44. The highest BCUT2D eigenvalue weighted by Crippen LogP contribution is 2.34. The maximum absolute atomic E-state index is 11.9. The number of aryl methyl sites for hydroxylation is 2. The number of sulfonamides is 1. The fourth-order valence-electron chi connectivity index (χ4n) is 2.87. The van der Waals surface area contributed by atoms with Crippen LogP contribution in [0.15, 0.2) is 12.1 Å². The summed E-state index contributed by atoms with van der Waals surface area (Å²) in [5, 5.41) is 7.11.